The number of phenols is 1. The summed E-state index contributed by atoms with van der Waals surface area (Å²) in [6.45, 7) is 5.88. The molecule has 3 aromatic carbocycles. The number of rotatable bonds is 14. The molecular weight excluding hydrogens is 646 g/mol. The molecule has 5 aromatic rings. The molecule has 0 saturated carbocycles. The van der Waals surface area contributed by atoms with Gasteiger partial charge in [-0.2, -0.15) is 5.10 Å². The van der Waals surface area contributed by atoms with Crippen LogP contribution in [0.5, 0.6) is 5.75 Å². The van der Waals surface area contributed by atoms with Gasteiger partial charge in [0.2, 0.25) is 0 Å². The van der Waals surface area contributed by atoms with Crippen molar-refractivity contribution in [3.63, 3.8) is 0 Å². The normalized spacial score (nSPS) is 11.4. The van der Waals surface area contributed by atoms with E-state index < -0.39 is 0 Å². The van der Waals surface area contributed by atoms with Gasteiger partial charge in [-0.25, -0.2) is 14.7 Å². The van der Waals surface area contributed by atoms with Crippen LogP contribution in [0.3, 0.4) is 0 Å². The van der Waals surface area contributed by atoms with Gasteiger partial charge in [0.25, 0.3) is 5.56 Å². The summed E-state index contributed by atoms with van der Waals surface area (Å²) in [6, 6.07) is 19.3. The molecule has 0 aliphatic rings. The van der Waals surface area contributed by atoms with Crippen molar-refractivity contribution in [3.05, 3.63) is 105 Å². The molecule has 0 bridgehead atoms. The third kappa shape index (κ3) is 8.22. The lowest BCUT2D eigenvalue weighted by molar-refractivity contribution is 0.0324. The summed E-state index contributed by atoms with van der Waals surface area (Å²) in [6.07, 6.45) is 0. The summed E-state index contributed by atoms with van der Waals surface area (Å²) in [5.74, 6) is 7.01. The number of halogens is 1. The summed E-state index contributed by atoms with van der Waals surface area (Å²) in [5, 5.41) is 15.9. The van der Waals surface area contributed by atoms with Crippen molar-refractivity contribution in [1.29, 1.82) is 0 Å². The van der Waals surface area contributed by atoms with Crippen LogP contribution in [0.25, 0.3) is 22.2 Å². The van der Waals surface area contributed by atoms with Gasteiger partial charge in [-0.05, 0) is 42.6 Å². The first kappa shape index (κ1) is 35.0. The second kappa shape index (κ2) is 16.7. The van der Waals surface area contributed by atoms with Crippen molar-refractivity contribution in [2.75, 3.05) is 47.2 Å². The van der Waals surface area contributed by atoms with Gasteiger partial charge in [-0.3, -0.25) is 14.4 Å². The van der Waals surface area contributed by atoms with Gasteiger partial charge < -0.3 is 25.1 Å². The Morgan fingerprint density at radius 1 is 1.04 bits per heavy atom. The first-order valence-electron chi connectivity index (χ1n) is 15.3. The number of benzene rings is 3. The number of aromatic nitrogens is 4. The second-order valence-electron chi connectivity index (χ2n) is 10.7. The molecule has 13 heteroatoms. The molecule has 2 aromatic heterocycles. The maximum atomic E-state index is 14.4. The molecule has 0 atom stereocenters. The Bertz CT molecular complexity index is 2110. The highest BCUT2D eigenvalue weighted by molar-refractivity contribution is 6.31. The minimum absolute atomic E-state index is 0.0169. The Hall–Kier alpha value is -5.32. The van der Waals surface area contributed by atoms with Gasteiger partial charge in [-0.1, -0.05) is 59.8 Å². The number of hydrogen-bond donors (Lipinski definition) is 2. The van der Waals surface area contributed by atoms with Crippen LogP contribution < -0.4 is 11.3 Å². The number of fused-ring (bicyclic) bond motifs is 1. The van der Waals surface area contributed by atoms with Gasteiger partial charge in [-0.15, -0.1) is 0 Å². The zero-order valence-electron chi connectivity index (χ0n) is 27.2. The van der Waals surface area contributed by atoms with E-state index in [9.17, 15) is 9.90 Å². The monoisotopic (exact) mass is 681 g/mol. The molecule has 252 valence electrons. The number of aromatic hydroxyl groups is 1. The first-order valence-corrected chi connectivity index (χ1v) is 15.7. The van der Waals surface area contributed by atoms with E-state index >= 15 is 0 Å². The molecule has 0 spiro atoms. The summed E-state index contributed by atoms with van der Waals surface area (Å²) in [7, 11) is 3.17. The first-order chi connectivity index (χ1) is 23.9. The van der Waals surface area contributed by atoms with Gasteiger partial charge >= 0.3 is 0 Å². The third-order valence-corrected chi connectivity index (χ3v) is 7.90. The topological polar surface area (TPSA) is 151 Å². The second-order valence-corrected chi connectivity index (χ2v) is 11.1. The Morgan fingerprint density at radius 2 is 1.82 bits per heavy atom. The van der Waals surface area contributed by atoms with E-state index in [0.29, 0.717) is 76.4 Å². The molecule has 0 aliphatic carbocycles. The lowest BCUT2D eigenvalue weighted by Gasteiger charge is -2.16. The summed E-state index contributed by atoms with van der Waals surface area (Å²) in [4.78, 5) is 27.8. The van der Waals surface area contributed by atoms with Crippen LogP contribution in [0.2, 0.25) is 5.02 Å². The van der Waals surface area contributed by atoms with Gasteiger partial charge in [0.1, 0.15) is 36.3 Å². The quantitative estimate of drug-likeness (QED) is 0.0757. The average Bonchev–Trinajstić information content (AvgIpc) is 3.47. The summed E-state index contributed by atoms with van der Waals surface area (Å²) < 4.78 is 19.1. The van der Waals surface area contributed by atoms with Crippen LogP contribution in [0, 0.1) is 11.8 Å². The zero-order chi connectivity index (χ0) is 34.8. The van der Waals surface area contributed by atoms with Crippen LogP contribution in [-0.2, 0) is 27.3 Å². The van der Waals surface area contributed by atoms with E-state index in [0.717, 1.165) is 5.56 Å². The Kier molecular flexibility index (Phi) is 11.9. The maximum Gasteiger partial charge on any atom is 0.263 e. The Labute approximate surface area is 288 Å². The molecule has 0 saturated heterocycles. The molecule has 0 aliphatic heterocycles. The Balaban J connectivity index is 1.58. The molecular formula is C36H36ClN7O5. The van der Waals surface area contributed by atoms with E-state index in [2.05, 4.69) is 28.5 Å². The molecule has 0 fully saturated rings. The Morgan fingerprint density at radius 3 is 2.57 bits per heavy atom. The standard InChI is InChI=1S/C36H36ClN7O5/c1-39-34(38)32-33(25-11-6-13-27(45)21-25)42-44(35(32)40-2)23-30-41-29-15-7-10-24(12-8-16-48-19-20-49-18-17-47-3)31(29)36(46)43(30)22-26-9-4-5-14-28(26)37/h4-7,9-11,13-15,21,45H,2,16-20,22-23H2,1,3H3,(H2,38,39). The number of ether oxygens (including phenoxy) is 3. The summed E-state index contributed by atoms with van der Waals surface area (Å²) in [5.41, 5.74) is 9.19. The van der Waals surface area contributed by atoms with Crippen LogP contribution in [0.1, 0.15) is 22.5 Å². The smallest absolute Gasteiger partial charge is 0.263 e. The zero-order valence-corrected chi connectivity index (χ0v) is 28.0. The van der Waals surface area contributed by atoms with Crippen molar-refractivity contribution in [2.45, 2.75) is 13.1 Å². The number of amidine groups is 1. The van der Waals surface area contributed by atoms with Crippen LogP contribution in [-0.4, -0.2) is 84.2 Å². The van der Waals surface area contributed by atoms with E-state index in [1.54, 1.807) is 71.9 Å². The molecule has 5 rings (SSSR count). The maximum absolute atomic E-state index is 14.4. The molecule has 3 N–H and O–H groups in total. The summed E-state index contributed by atoms with van der Waals surface area (Å²) >= 11 is 6.56. The van der Waals surface area contributed by atoms with Crippen molar-refractivity contribution in [3.8, 4) is 28.8 Å². The van der Waals surface area contributed by atoms with Gasteiger partial charge in [0.05, 0.1) is 49.4 Å². The number of phenolic OH excluding ortho intramolecular Hbond substituents is 1. The fraction of sp³-hybridized carbons (Fsp3) is 0.250. The molecule has 49 heavy (non-hydrogen) atoms. The predicted octanol–water partition coefficient (Wildman–Crippen LogP) is 4.41. The van der Waals surface area contributed by atoms with Gasteiger partial charge in [0.15, 0.2) is 5.82 Å². The fourth-order valence-electron chi connectivity index (χ4n) is 5.17. The third-order valence-electron chi connectivity index (χ3n) is 7.53. The highest BCUT2D eigenvalue weighted by Gasteiger charge is 2.24. The molecule has 2 heterocycles. The van der Waals surface area contributed by atoms with Crippen molar-refractivity contribution < 1.29 is 19.3 Å². The van der Waals surface area contributed by atoms with Crippen LogP contribution in [0.15, 0.2) is 81.5 Å². The number of aliphatic imine (C=N–C) groups is 2. The number of nitrogens with zero attached hydrogens (tertiary/aromatic N) is 6. The average molecular weight is 682 g/mol. The molecule has 12 nitrogen and oxygen atoms in total. The largest absolute Gasteiger partial charge is 0.508 e. The number of hydrogen-bond acceptors (Lipinski definition) is 9. The SMILES string of the molecule is C=Nc1c(C(N)=NC)c(-c2cccc(O)c2)nn1Cc1nc2cccc(C#CCOCCOCCOC)c2c(=O)n1Cc1ccccc1Cl. The molecule has 0 unspecified atom stereocenters. The lowest BCUT2D eigenvalue weighted by atomic mass is 10.1. The van der Waals surface area contributed by atoms with E-state index in [1.165, 1.54) is 0 Å². The molecule has 0 amide bonds. The number of methoxy groups -OCH3 is 1. The van der Waals surface area contributed by atoms with E-state index in [4.69, 9.17) is 41.6 Å². The number of nitrogens with two attached hydrogens (primary N) is 1. The van der Waals surface area contributed by atoms with Crippen molar-refractivity contribution >= 4 is 40.9 Å². The van der Waals surface area contributed by atoms with Crippen LogP contribution >= 0.6 is 11.6 Å². The van der Waals surface area contributed by atoms with Crippen molar-refractivity contribution in [1.82, 2.24) is 19.3 Å². The lowest BCUT2D eigenvalue weighted by Crippen LogP contribution is -2.28. The minimum atomic E-state index is -0.305. The highest BCUT2D eigenvalue weighted by Crippen LogP contribution is 2.32. The fourth-order valence-corrected chi connectivity index (χ4v) is 5.37. The van der Waals surface area contributed by atoms with E-state index in [1.807, 2.05) is 18.2 Å². The van der Waals surface area contributed by atoms with Crippen LogP contribution in [0.4, 0.5) is 5.82 Å². The van der Waals surface area contributed by atoms with Crippen molar-refractivity contribution in [2.24, 2.45) is 15.7 Å². The highest BCUT2D eigenvalue weighted by atomic mass is 35.5. The minimum Gasteiger partial charge on any atom is -0.508 e. The predicted molar refractivity (Wildman–Crippen MR) is 191 cm³/mol. The molecule has 0 radical (unpaired) electrons. The van der Waals surface area contributed by atoms with E-state index in [-0.39, 0.29) is 36.8 Å². The van der Waals surface area contributed by atoms with Gasteiger partial charge in [0, 0.05) is 30.3 Å².